The van der Waals surface area contributed by atoms with Crippen molar-refractivity contribution in [2.24, 2.45) is 0 Å². The van der Waals surface area contributed by atoms with Gasteiger partial charge in [-0.1, -0.05) is 12.1 Å². The molecular weight excluding hydrogens is 344 g/mol. The van der Waals surface area contributed by atoms with Gasteiger partial charge in [0.15, 0.2) is 0 Å². The van der Waals surface area contributed by atoms with E-state index in [1.807, 2.05) is 14.1 Å². The van der Waals surface area contributed by atoms with E-state index in [9.17, 15) is 4.79 Å². The summed E-state index contributed by atoms with van der Waals surface area (Å²) < 4.78 is 0. The average Bonchev–Trinajstić information content (AvgIpc) is 2.99. The minimum atomic E-state index is -0.174. The summed E-state index contributed by atoms with van der Waals surface area (Å²) in [6.07, 6.45) is 0.781. The Morgan fingerprint density at radius 3 is 2.58 bits per heavy atom. The number of nitrogens with zero attached hydrogens (tertiary/aromatic N) is 2. The van der Waals surface area contributed by atoms with Crippen molar-refractivity contribution in [3.05, 3.63) is 45.8 Å². The molecule has 2 aromatic rings. The van der Waals surface area contributed by atoms with Crippen LogP contribution < -0.4 is 15.5 Å². The van der Waals surface area contributed by atoms with Crippen LogP contribution in [0.25, 0.3) is 0 Å². The average molecular weight is 371 g/mol. The first-order valence-electron chi connectivity index (χ1n) is 9.17. The Morgan fingerprint density at radius 1 is 1.19 bits per heavy atom. The Morgan fingerprint density at radius 2 is 1.92 bits per heavy atom. The molecule has 0 spiro atoms. The maximum absolute atomic E-state index is 12.8. The molecule has 2 aliphatic heterocycles. The number of fused-ring (bicyclic) bond motifs is 3. The van der Waals surface area contributed by atoms with Crippen LogP contribution in [0.1, 0.15) is 46.4 Å². The van der Waals surface area contributed by atoms with Gasteiger partial charge in [-0.05, 0) is 43.5 Å². The standard InChI is InChI=1S/C20H26N4OS/c1-12(2)24-10-9-15-16(11-24)26-20-17(15)19(25)21-18(22-20)13-5-7-14(8-6-13)23(3)4/h5-8,12,18,22H,9-11H2,1-4H3,(H,21,25)/t18-/m1/s1. The summed E-state index contributed by atoms with van der Waals surface area (Å²) in [6.45, 7) is 6.44. The maximum Gasteiger partial charge on any atom is 0.256 e. The first kappa shape index (κ1) is 17.4. The highest BCUT2D eigenvalue weighted by Gasteiger charge is 2.33. The Hall–Kier alpha value is -2.05. The summed E-state index contributed by atoms with van der Waals surface area (Å²) in [6, 6.07) is 8.85. The molecule has 0 fully saturated rings. The molecule has 4 rings (SSSR count). The van der Waals surface area contributed by atoms with Crippen LogP contribution in [0.3, 0.4) is 0 Å². The molecule has 0 saturated carbocycles. The molecule has 0 aliphatic carbocycles. The van der Waals surface area contributed by atoms with E-state index in [1.165, 1.54) is 10.4 Å². The highest BCUT2D eigenvalue weighted by molar-refractivity contribution is 7.16. The summed E-state index contributed by atoms with van der Waals surface area (Å²) in [5.74, 6) is 0.0518. The van der Waals surface area contributed by atoms with E-state index in [0.29, 0.717) is 6.04 Å². The first-order chi connectivity index (χ1) is 12.4. The fraction of sp³-hybridized carbons (Fsp3) is 0.450. The summed E-state index contributed by atoms with van der Waals surface area (Å²) in [4.78, 5) is 18.7. The van der Waals surface area contributed by atoms with Gasteiger partial charge in [0.2, 0.25) is 0 Å². The molecule has 1 atom stereocenters. The van der Waals surface area contributed by atoms with Crippen LogP contribution in [0.4, 0.5) is 10.7 Å². The molecule has 1 aromatic heterocycles. The van der Waals surface area contributed by atoms with Gasteiger partial charge in [0.05, 0.1) is 5.56 Å². The van der Waals surface area contributed by atoms with Crippen LogP contribution >= 0.6 is 11.3 Å². The third-order valence-corrected chi connectivity index (χ3v) is 6.49. The van der Waals surface area contributed by atoms with Crippen molar-refractivity contribution in [3.63, 3.8) is 0 Å². The zero-order valence-corrected chi connectivity index (χ0v) is 16.6. The fourth-order valence-electron chi connectivity index (χ4n) is 3.71. The van der Waals surface area contributed by atoms with E-state index in [0.717, 1.165) is 41.3 Å². The van der Waals surface area contributed by atoms with Crippen molar-refractivity contribution >= 4 is 27.9 Å². The topological polar surface area (TPSA) is 47.6 Å². The summed E-state index contributed by atoms with van der Waals surface area (Å²) in [7, 11) is 4.05. The number of nitrogens with one attached hydrogen (secondary N) is 2. The zero-order valence-electron chi connectivity index (χ0n) is 15.8. The normalized spacial score (nSPS) is 19.6. The monoisotopic (exact) mass is 370 g/mol. The van der Waals surface area contributed by atoms with Gasteiger partial charge in [0.25, 0.3) is 5.91 Å². The van der Waals surface area contributed by atoms with Gasteiger partial charge in [0.1, 0.15) is 11.2 Å². The first-order valence-corrected chi connectivity index (χ1v) is 9.99. The summed E-state index contributed by atoms with van der Waals surface area (Å²) in [5, 5.41) is 7.70. The van der Waals surface area contributed by atoms with Crippen LogP contribution in [-0.4, -0.2) is 37.5 Å². The van der Waals surface area contributed by atoms with Gasteiger partial charge in [-0.3, -0.25) is 9.69 Å². The van der Waals surface area contributed by atoms with Crippen molar-refractivity contribution in [1.82, 2.24) is 10.2 Å². The predicted octanol–water partition coefficient (Wildman–Crippen LogP) is 3.43. The molecule has 6 heteroatoms. The summed E-state index contributed by atoms with van der Waals surface area (Å²) in [5.41, 5.74) is 4.34. The quantitative estimate of drug-likeness (QED) is 0.869. The number of rotatable bonds is 3. The lowest BCUT2D eigenvalue weighted by atomic mass is 9.99. The van der Waals surface area contributed by atoms with Gasteiger partial charge >= 0.3 is 0 Å². The van der Waals surface area contributed by atoms with Crippen molar-refractivity contribution in [1.29, 1.82) is 0 Å². The molecule has 0 unspecified atom stereocenters. The number of amides is 1. The Kier molecular flexibility index (Phi) is 4.40. The zero-order chi connectivity index (χ0) is 18.4. The molecule has 1 aromatic carbocycles. The van der Waals surface area contributed by atoms with E-state index in [1.54, 1.807) is 11.3 Å². The highest BCUT2D eigenvalue weighted by atomic mass is 32.1. The minimum absolute atomic E-state index is 0.0518. The molecule has 0 bridgehead atoms. The molecule has 1 amide bonds. The number of hydrogen-bond donors (Lipinski definition) is 2. The van der Waals surface area contributed by atoms with Gasteiger partial charge < -0.3 is 15.5 Å². The fourth-order valence-corrected chi connectivity index (χ4v) is 5.01. The van der Waals surface area contributed by atoms with Gasteiger partial charge in [-0.15, -0.1) is 11.3 Å². The number of thiophene rings is 1. The van der Waals surface area contributed by atoms with E-state index >= 15 is 0 Å². The van der Waals surface area contributed by atoms with E-state index in [4.69, 9.17) is 0 Å². The molecule has 0 saturated heterocycles. The van der Waals surface area contributed by atoms with Crippen LogP contribution in [0.2, 0.25) is 0 Å². The molecule has 26 heavy (non-hydrogen) atoms. The molecule has 2 aliphatic rings. The number of carbonyl (C=O) groups excluding carboxylic acids is 1. The largest absolute Gasteiger partial charge is 0.378 e. The van der Waals surface area contributed by atoms with Gasteiger partial charge in [-0.25, -0.2) is 0 Å². The Balaban J connectivity index is 1.60. The van der Waals surface area contributed by atoms with Crippen LogP contribution in [-0.2, 0) is 13.0 Å². The smallest absolute Gasteiger partial charge is 0.256 e. The Bertz CT molecular complexity index is 825. The number of carbonyl (C=O) groups is 1. The molecule has 138 valence electrons. The lowest BCUT2D eigenvalue weighted by Crippen LogP contribution is -2.39. The molecule has 5 nitrogen and oxygen atoms in total. The van der Waals surface area contributed by atoms with E-state index in [-0.39, 0.29) is 12.1 Å². The molecule has 2 N–H and O–H groups in total. The third kappa shape index (κ3) is 2.97. The van der Waals surface area contributed by atoms with E-state index < -0.39 is 0 Å². The second kappa shape index (κ2) is 6.59. The van der Waals surface area contributed by atoms with Crippen LogP contribution in [0.15, 0.2) is 24.3 Å². The van der Waals surface area contributed by atoms with Crippen molar-refractivity contribution in [2.45, 2.75) is 39.0 Å². The lowest BCUT2D eigenvalue weighted by Gasteiger charge is -2.31. The SMILES string of the molecule is CC(C)N1CCc2c(sc3c2C(=O)N[C@@H](c2ccc(N(C)C)cc2)N3)C1. The molecule has 0 radical (unpaired) electrons. The maximum atomic E-state index is 12.8. The number of hydrogen-bond acceptors (Lipinski definition) is 5. The second-order valence-corrected chi connectivity index (χ2v) is 8.66. The predicted molar refractivity (Wildman–Crippen MR) is 108 cm³/mol. The van der Waals surface area contributed by atoms with Crippen LogP contribution in [0.5, 0.6) is 0 Å². The van der Waals surface area contributed by atoms with Crippen molar-refractivity contribution < 1.29 is 4.79 Å². The van der Waals surface area contributed by atoms with E-state index in [2.05, 4.69) is 58.5 Å². The van der Waals surface area contributed by atoms with Crippen molar-refractivity contribution in [3.8, 4) is 0 Å². The van der Waals surface area contributed by atoms with Gasteiger partial charge in [-0.2, -0.15) is 0 Å². The molecular formula is C20H26N4OS. The molecule has 3 heterocycles. The lowest BCUT2D eigenvalue weighted by molar-refractivity contribution is 0.0934. The summed E-state index contributed by atoms with van der Waals surface area (Å²) >= 11 is 1.75. The third-order valence-electron chi connectivity index (χ3n) is 5.34. The number of anilines is 2. The highest BCUT2D eigenvalue weighted by Crippen LogP contribution is 2.41. The van der Waals surface area contributed by atoms with Crippen molar-refractivity contribution in [2.75, 3.05) is 30.9 Å². The van der Waals surface area contributed by atoms with Crippen LogP contribution in [0, 0.1) is 0 Å². The Labute approximate surface area is 159 Å². The number of benzene rings is 1. The van der Waals surface area contributed by atoms with Gasteiger partial charge in [0, 0.05) is 43.8 Å². The second-order valence-electron chi connectivity index (χ2n) is 7.56. The minimum Gasteiger partial charge on any atom is -0.378 e.